The van der Waals surface area contributed by atoms with Gasteiger partial charge in [-0.3, -0.25) is 0 Å². The van der Waals surface area contributed by atoms with Gasteiger partial charge in [-0.05, 0) is 31.2 Å². The molecule has 2 heterocycles. The third-order valence-corrected chi connectivity index (χ3v) is 3.03. The van der Waals surface area contributed by atoms with E-state index in [1.54, 1.807) is 13.3 Å². The first-order valence-electron chi connectivity index (χ1n) is 5.79. The Morgan fingerprint density at radius 1 is 1.35 bits per heavy atom. The Morgan fingerprint density at radius 2 is 2.24 bits per heavy atom. The molecule has 4 heteroatoms. The van der Waals surface area contributed by atoms with Crippen LogP contribution in [-0.2, 0) is 6.42 Å². The summed E-state index contributed by atoms with van der Waals surface area (Å²) in [5, 5.41) is 0. The number of hydrogen-bond acceptors (Lipinski definition) is 4. The zero-order valence-corrected chi connectivity index (χ0v) is 9.72. The van der Waals surface area contributed by atoms with Gasteiger partial charge < -0.3 is 9.15 Å². The van der Waals surface area contributed by atoms with Crippen molar-refractivity contribution in [2.24, 2.45) is 5.92 Å². The first-order valence-corrected chi connectivity index (χ1v) is 5.79. The number of ether oxygens (including phenoxy) is 1. The summed E-state index contributed by atoms with van der Waals surface area (Å²) in [5.74, 6) is 2.24. The average Bonchev–Trinajstić information content (AvgIpc) is 3.06. The van der Waals surface area contributed by atoms with Crippen molar-refractivity contribution in [2.45, 2.75) is 19.3 Å². The van der Waals surface area contributed by atoms with E-state index in [0.717, 1.165) is 29.4 Å². The molecule has 1 saturated carbocycles. The molecule has 0 saturated heterocycles. The lowest BCUT2D eigenvalue weighted by molar-refractivity contribution is 0.398. The van der Waals surface area contributed by atoms with Crippen LogP contribution in [0.1, 0.15) is 18.5 Å². The monoisotopic (exact) mass is 230 g/mol. The van der Waals surface area contributed by atoms with Crippen molar-refractivity contribution < 1.29 is 9.15 Å². The highest BCUT2D eigenvalue weighted by Gasteiger charge is 2.25. The minimum atomic E-state index is 0.608. The number of nitrogens with zero attached hydrogens (tertiary/aromatic N) is 2. The Kier molecular flexibility index (Phi) is 2.55. The van der Waals surface area contributed by atoms with E-state index in [1.165, 1.54) is 19.2 Å². The van der Waals surface area contributed by atoms with E-state index in [9.17, 15) is 0 Å². The maximum absolute atomic E-state index is 5.46. The normalized spacial score (nSPS) is 14.9. The summed E-state index contributed by atoms with van der Waals surface area (Å²) >= 11 is 0. The van der Waals surface area contributed by atoms with Crippen LogP contribution in [0.5, 0.6) is 5.88 Å². The van der Waals surface area contributed by atoms with Crippen molar-refractivity contribution >= 4 is 0 Å². The molecule has 0 bridgehead atoms. The lowest BCUT2D eigenvalue weighted by Gasteiger charge is -2.01. The van der Waals surface area contributed by atoms with Crippen molar-refractivity contribution in [3.8, 4) is 17.2 Å². The molecular formula is C13H14N2O2. The highest BCUT2D eigenvalue weighted by atomic mass is 16.5. The minimum absolute atomic E-state index is 0.608. The Morgan fingerprint density at radius 3 is 2.88 bits per heavy atom. The topological polar surface area (TPSA) is 48.2 Å². The molecule has 17 heavy (non-hydrogen) atoms. The summed E-state index contributed by atoms with van der Waals surface area (Å²) in [7, 11) is 1.61. The van der Waals surface area contributed by atoms with Gasteiger partial charge in [0, 0.05) is 17.8 Å². The van der Waals surface area contributed by atoms with Gasteiger partial charge >= 0.3 is 0 Å². The van der Waals surface area contributed by atoms with Crippen LogP contribution in [0.25, 0.3) is 11.3 Å². The Bertz CT molecular complexity index is 500. The molecule has 1 aliphatic carbocycles. The predicted molar refractivity (Wildman–Crippen MR) is 62.7 cm³/mol. The molecule has 3 rings (SSSR count). The second kappa shape index (κ2) is 4.20. The molecule has 0 N–H and O–H groups in total. The SMILES string of the molecule is COc1ccc(-c2ocnc2CC2CC2)cn1. The van der Waals surface area contributed by atoms with Gasteiger partial charge in [0.25, 0.3) is 0 Å². The molecule has 0 aliphatic heterocycles. The van der Waals surface area contributed by atoms with Gasteiger partial charge in [-0.15, -0.1) is 0 Å². The Hall–Kier alpha value is -1.84. The molecule has 1 fully saturated rings. The molecule has 0 unspecified atom stereocenters. The quantitative estimate of drug-likeness (QED) is 0.810. The fourth-order valence-electron chi connectivity index (χ4n) is 1.88. The second-order valence-electron chi connectivity index (χ2n) is 4.36. The van der Waals surface area contributed by atoms with Gasteiger partial charge in [0.05, 0.1) is 12.8 Å². The predicted octanol–water partition coefficient (Wildman–Crippen LogP) is 2.70. The van der Waals surface area contributed by atoms with Crippen LogP contribution in [-0.4, -0.2) is 17.1 Å². The number of aromatic nitrogens is 2. The second-order valence-corrected chi connectivity index (χ2v) is 4.36. The van der Waals surface area contributed by atoms with E-state index >= 15 is 0 Å². The molecule has 88 valence electrons. The summed E-state index contributed by atoms with van der Waals surface area (Å²) in [4.78, 5) is 8.47. The number of oxazole rings is 1. The molecule has 0 spiro atoms. The fourth-order valence-corrected chi connectivity index (χ4v) is 1.88. The maximum atomic E-state index is 5.46. The van der Waals surface area contributed by atoms with Crippen molar-refractivity contribution in [1.82, 2.24) is 9.97 Å². The average molecular weight is 230 g/mol. The van der Waals surface area contributed by atoms with Gasteiger partial charge in [-0.1, -0.05) is 0 Å². The van der Waals surface area contributed by atoms with Gasteiger partial charge in [0.15, 0.2) is 12.2 Å². The standard InChI is InChI=1S/C13H14N2O2/c1-16-12-5-4-10(7-14-12)13-11(15-8-17-13)6-9-2-3-9/h4-5,7-9H,2-3,6H2,1H3. The van der Waals surface area contributed by atoms with E-state index in [2.05, 4.69) is 9.97 Å². The highest BCUT2D eigenvalue weighted by Crippen LogP contribution is 2.35. The lowest BCUT2D eigenvalue weighted by Crippen LogP contribution is -1.91. The fraction of sp³-hybridized carbons (Fsp3) is 0.385. The Balaban J connectivity index is 1.88. The summed E-state index contributed by atoms with van der Waals surface area (Å²) in [6, 6.07) is 3.78. The Labute approximate surface area is 99.7 Å². The number of methoxy groups -OCH3 is 1. The number of rotatable bonds is 4. The van der Waals surface area contributed by atoms with Crippen LogP contribution in [0, 0.1) is 5.92 Å². The molecule has 0 aromatic carbocycles. The van der Waals surface area contributed by atoms with E-state index in [0.29, 0.717) is 5.88 Å². The molecule has 4 nitrogen and oxygen atoms in total. The highest BCUT2D eigenvalue weighted by molar-refractivity contribution is 5.59. The van der Waals surface area contributed by atoms with E-state index in [4.69, 9.17) is 9.15 Å². The first-order chi connectivity index (χ1) is 8.36. The van der Waals surface area contributed by atoms with Crippen LogP contribution in [0.2, 0.25) is 0 Å². The zero-order chi connectivity index (χ0) is 11.7. The molecule has 2 aromatic heterocycles. The van der Waals surface area contributed by atoms with E-state index < -0.39 is 0 Å². The zero-order valence-electron chi connectivity index (χ0n) is 9.72. The molecule has 2 aromatic rings. The van der Waals surface area contributed by atoms with Gasteiger partial charge in [0.1, 0.15) is 0 Å². The first kappa shape index (κ1) is 10.3. The summed E-state index contributed by atoms with van der Waals surface area (Å²) in [6.45, 7) is 0. The lowest BCUT2D eigenvalue weighted by atomic mass is 10.1. The van der Waals surface area contributed by atoms with Gasteiger partial charge in [0.2, 0.25) is 5.88 Å². The van der Waals surface area contributed by atoms with Gasteiger partial charge in [-0.25, -0.2) is 9.97 Å². The summed E-state index contributed by atoms with van der Waals surface area (Å²) < 4.78 is 10.5. The third-order valence-electron chi connectivity index (χ3n) is 3.03. The van der Waals surface area contributed by atoms with Crippen LogP contribution >= 0.6 is 0 Å². The minimum Gasteiger partial charge on any atom is -0.481 e. The number of pyridine rings is 1. The molecular weight excluding hydrogens is 216 g/mol. The molecule has 0 radical (unpaired) electrons. The van der Waals surface area contributed by atoms with Crippen molar-refractivity contribution in [3.63, 3.8) is 0 Å². The van der Waals surface area contributed by atoms with E-state index in [-0.39, 0.29) is 0 Å². The summed E-state index contributed by atoms with van der Waals surface area (Å²) in [6.07, 6.45) is 6.91. The number of hydrogen-bond donors (Lipinski definition) is 0. The van der Waals surface area contributed by atoms with Crippen LogP contribution < -0.4 is 4.74 Å². The largest absolute Gasteiger partial charge is 0.481 e. The van der Waals surface area contributed by atoms with Crippen molar-refractivity contribution in [3.05, 3.63) is 30.4 Å². The molecule has 0 amide bonds. The van der Waals surface area contributed by atoms with Crippen LogP contribution in [0.15, 0.2) is 29.1 Å². The van der Waals surface area contributed by atoms with Gasteiger partial charge in [-0.2, -0.15) is 0 Å². The van der Waals surface area contributed by atoms with E-state index in [1.807, 2.05) is 12.1 Å². The van der Waals surface area contributed by atoms with Crippen molar-refractivity contribution in [2.75, 3.05) is 7.11 Å². The molecule has 0 atom stereocenters. The van der Waals surface area contributed by atoms with Crippen molar-refractivity contribution in [1.29, 1.82) is 0 Å². The van der Waals surface area contributed by atoms with Crippen LogP contribution in [0.4, 0.5) is 0 Å². The molecule has 1 aliphatic rings. The maximum Gasteiger partial charge on any atom is 0.212 e. The third kappa shape index (κ3) is 2.16. The van der Waals surface area contributed by atoms with Crippen LogP contribution in [0.3, 0.4) is 0 Å². The summed E-state index contributed by atoms with van der Waals surface area (Å²) in [5.41, 5.74) is 2.00. The smallest absolute Gasteiger partial charge is 0.212 e.